The minimum absolute atomic E-state index is 0.0152. The molecule has 4 rings (SSSR count). The first kappa shape index (κ1) is 15.6. The van der Waals surface area contributed by atoms with Gasteiger partial charge < -0.3 is 9.88 Å². The third-order valence-corrected chi connectivity index (χ3v) is 4.55. The number of aromatic amines is 1. The number of hydrogen-bond acceptors (Lipinski definition) is 3. The summed E-state index contributed by atoms with van der Waals surface area (Å²) in [4.78, 5) is 13.0. The fraction of sp³-hybridized carbons (Fsp3) is 0.200. The average Bonchev–Trinajstić information content (AvgIpc) is 3.04. The number of nitrogens with zero attached hydrogens (tertiary/aromatic N) is 2. The number of pyridine rings is 1. The van der Waals surface area contributed by atoms with Crippen LogP contribution in [0.1, 0.15) is 11.3 Å². The van der Waals surface area contributed by atoms with Crippen LogP contribution in [0.4, 0.5) is 0 Å². The average molecular weight is 332 g/mol. The monoisotopic (exact) mass is 332 g/mol. The first-order chi connectivity index (χ1) is 12.3. The van der Waals surface area contributed by atoms with Gasteiger partial charge in [-0.3, -0.25) is 9.89 Å². The first-order valence-corrected chi connectivity index (χ1v) is 8.46. The number of aryl methyl sites for hydroxylation is 1. The summed E-state index contributed by atoms with van der Waals surface area (Å²) < 4.78 is 1.85. The highest BCUT2D eigenvalue weighted by molar-refractivity contribution is 6.03. The minimum atomic E-state index is 0.0152. The molecule has 2 N–H and O–H groups in total. The smallest absolute Gasteiger partial charge is 0.262 e. The number of H-pyrrole nitrogens is 1. The first-order valence-electron chi connectivity index (χ1n) is 8.46. The molecule has 5 heteroatoms. The third kappa shape index (κ3) is 2.83. The fourth-order valence-electron chi connectivity index (χ4n) is 3.30. The Labute approximate surface area is 145 Å². The molecule has 0 atom stereocenters. The number of hydrogen-bond donors (Lipinski definition) is 2. The molecule has 0 spiro atoms. The molecular weight excluding hydrogens is 312 g/mol. The van der Waals surface area contributed by atoms with Crippen LogP contribution >= 0.6 is 0 Å². The molecule has 0 aliphatic carbocycles. The molecule has 0 amide bonds. The van der Waals surface area contributed by atoms with E-state index in [1.165, 1.54) is 5.56 Å². The largest absolute Gasteiger partial charge is 0.311 e. The predicted octanol–water partition coefficient (Wildman–Crippen LogP) is 2.98. The maximum Gasteiger partial charge on any atom is 0.262 e. The molecule has 5 nitrogen and oxygen atoms in total. The second-order valence-electron chi connectivity index (χ2n) is 6.20. The molecule has 0 aliphatic heterocycles. The van der Waals surface area contributed by atoms with Crippen molar-refractivity contribution in [3.05, 3.63) is 76.2 Å². The lowest BCUT2D eigenvalue weighted by atomic mass is 10.1. The van der Waals surface area contributed by atoms with Crippen LogP contribution in [-0.4, -0.2) is 21.3 Å². The summed E-state index contributed by atoms with van der Waals surface area (Å²) in [5.74, 6) is 0. The summed E-state index contributed by atoms with van der Waals surface area (Å²) in [7, 11) is 0. The summed E-state index contributed by atoms with van der Waals surface area (Å²) in [6.45, 7) is 4.00. The zero-order valence-electron chi connectivity index (χ0n) is 14.1. The van der Waals surface area contributed by atoms with E-state index in [0.717, 1.165) is 35.2 Å². The zero-order chi connectivity index (χ0) is 17.2. The van der Waals surface area contributed by atoms with Crippen molar-refractivity contribution in [2.24, 2.45) is 0 Å². The Kier molecular flexibility index (Phi) is 4.07. The van der Waals surface area contributed by atoms with Crippen molar-refractivity contribution in [2.45, 2.75) is 20.0 Å². The van der Waals surface area contributed by atoms with Gasteiger partial charge in [0.05, 0.1) is 22.1 Å². The molecule has 2 heterocycles. The van der Waals surface area contributed by atoms with Crippen LogP contribution in [0.3, 0.4) is 0 Å². The number of para-hydroxylation sites is 1. The van der Waals surface area contributed by atoms with Crippen LogP contribution in [-0.2, 0) is 13.1 Å². The lowest BCUT2D eigenvalue weighted by Crippen LogP contribution is -2.27. The van der Waals surface area contributed by atoms with Crippen LogP contribution in [0.15, 0.2) is 59.4 Å². The second kappa shape index (κ2) is 6.53. The molecule has 0 saturated carbocycles. The molecule has 25 heavy (non-hydrogen) atoms. The van der Waals surface area contributed by atoms with Crippen molar-refractivity contribution in [3.63, 3.8) is 0 Å². The van der Waals surface area contributed by atoms with Crippen molar-refractivity contribution in [1.29, 1.82) is 0 Å². The Bertz CT molecular complexity index is 1080. The standard InChI is InChI=1S/C20H20N4O/c1-14-18-19(23-22-14)16-9-5-6-10-17(16)24(20(18)25)12-11-21-13-15-7-3-2-4-8-15/h2-10,21H,11-13H2,1H3,(H,22,23). The van der Waals surface area contributed by atoms with Crippen LogP contribution in [0, 0.1) is 6.92 Å². The van der Waals surface area contributed by atoms with Crippen LogP contribution in [0.2, 0.25) is 0 Å². The van der Waals surface area contributed by atoms with E-state index in [0.29, 0.717) is 11.9 Å². The van der Waals surface area contributed by atoms with E-state index < -0.39 is 0 Å². The van der Waals surface area contributed by atoms with Crippen LogP contribution < -0.4 is 10.9 Å². The van der Waals surface area contributed by atoms with Crippen molar-refractivity contribution >= 4 is 21.8 Å². The Balaban J connectivity index is 1.65. The molecule has 0 saturated heterocycles. The van der Waals surface area contributed by atoms with Gasteiger partial charge in [-0.25, -0.2) is 0 Å². The maximum absolute atomic E-state index is 13.0. The molecule has 4 aromatic rings. The van der Waals surface area contributed by atoms with Gasteiger partial charge in [0.1, 0.15) is 0 Å². The predicted molar refractivity (Wildman–Crippen MR) is 101 cm³/mol. The quantitative estimate of drug-likeness (QED) is 0.552. The highest BCUT2D eigenvalue weighted by atomic mass is 16.1. The number of nitrogens with one attached hydrogen (secondary N) is 2. The molecule has 126 valence electrons. The second-order valence-corrected chi connectivity index (χ2v) is 6.20. The van der Waals surface area contributed by atoms with E-state index in [1.54, 1.807) is 0 Å². The van der Waals surface area contributed by atoms with Crippen molar-refractivity contribution in [1.82, 2.24) is 20.1 Å². The molecule has 2 aromatic heterocycles. The van der Waals surface area contributed by atoms with Gasteiger partial charge in [-0.15, -0.1) is 0 Å². The molecule has 0 aliphatic rings. The summed E-state index contributed by atoms with van der Waals surface area (Å²) in [6.07, 6.45) is 0. The molecule has 0 fully saturated rings. The number of benzene rings is 2. The van der Waals surface area contributed by atoms with E-state index in [2.05, 4.69) is 27.6 Å². The van der Waals surface area contributed by atoms with Gasteiger partial charge in [0.25, 0.3) is 5.56 Å². The lowest BCUT2D eigenvalue weighted by Gasteiger charge is -2.12. The van der Waals surface area contributed by atoms with Gasteiger partial charge in [0.2, 0.25) is 0 Å². The van der Waals surface area contributed by atoms with E-state index in [-0.39, 0.29) is 5.56 Å². The topological polar surface area (TPSA) is 62.7 Å². The minimum Gasteiger partial charge on any atom is -0.311 e. The SMILES string of the molecule is Cc1n[nH]c2c1c(=O)n(CCNCc1ccccc1)c1ccccc21. The Hall–Kier alpha value is -2.92. The van der Waals surface area contributed by atoms with Crippen molar-refractivity contribution in [3.8, 4) is 0 Å². The fourth-order valence-corrected chi connectivity index (χ4v) is 3.30. The Morgan fingerprint density at radius 3 is 2.68 bits per heavy atom. The molecule has 2 aromatic carbocycles. The molecule has 0 unspecified atom stereocenters. The number of rotatable bonds is 5. The van der Waals surface area contributed by atoms with E-state index in [9.17, 15) is 4.79 Å². The summed E-state index contributed by atoms with van der Waals surface area (Å²) in [6, 6.07) is 18.2. The number of fused-ring (bicyclic) bond motifs is 3. The normalized spacial score (nSPS) is 11.4. The van der Waals surface area contributed by atoms with Gasteiger partial charge in [-0.2, -0.15) is 5.10 Å². The summed E-state index contributed by atoms with van der Waals surface area (Å²) >= 11 is 0. The van der Waals surface area contributed by atoms with Gasteiger partial charge in [0, 0.05) is 25.0 Å². The van der Waals surface area contributed by atoms with Gasteiger partial charge >= 0.3 is 0 Å². The van der Waals surface area contributed by atoms with Crippen molar-refractivity contribution in [2.75, 3.05) is 6.54 Å². The third-order valence-electron chi connectivity index (χ3n) is 4.55. The lowest BCUT2D eigenvalue weighted by molar-refractivity contribution is 0.600. The highest BCUT2D eigenvalue weighted by Crippen LogP contribution is 2.22. The summed E-state index contributed by atoms with van der Waals surface area (Å²) in [5.41, 5.74) is 3.76. The van der Waals surface area contributed by atoms with Crippen molar-refractivity contribution < 1.29 is 0 Å². The van der Waals surface area contributed by atoms with Gasteiger partial charge in [-0.05, 0) is 18.6 Å². The molecule has 0 radical (unpaired) electrons. The van der Waals surface area contributed by atoms with E-state index in [4.69, 9.17) is 0 Å². The van der Waals surface area contributed by atoms with Gasteiger partial charge in [0.15, 0.2) is 0 Å². The Morgan fingerprint density at radius 1 is 1.08 bits per heavy atom. The van der Waals surface area contributed by atoms with Gasteiger partial charge in [-0.1, -0.05) is 48.5 Å². The summed E-state index contributed by atoms with van der Waals surface area (Å²) in [5, 5.41) is 12.4. The highest BCUT2D eigenvalue weighted by Gasteiger charge is 2.14. The van der Waals surface area contributed by atoms with Crippen LogP contribution in [0.5, 0.6) is 0 Å². The van der Waals surface area contributed by atoms with Crippen LogP contribution in [0.25, 0.3) is 21.8 Å². The molecular formula is C20H20N4O. The maximum atomic E-state index is 13.0. The Morgan fingerprint density at radius 2 is 1.84 bits per heavy atom. The molecule has 0 bridgehead atoms. The number of aromatic nitrogens is 3. The van der Waals surface area contributed by atoms with E-state index >= 15 is 0 Å². The zero-order valence-corrected chi connectivity index (χ0v) is 14.1. The van der Waals surface area contributed by atoms with E-state index in [1.807, 2.05) is 54.0 Å².